The molecule has 0 radical (unpaired) electrons. The summed E-state index contributed by atoms with van der Waals surface area (Å²) in [5.74, 6) is -0.656. The molecule has 28 heavy (non-hydrogen) atoms. The third kappa shape index (κ3) is 3.42. The van der Waals surface area contributed by atoms with Crippen LogP contribution in [-0.2, 0) is 5.41 Å². The molecule has 0 aromatic carbocycles. The minimum absolute atomic E-state index is 0.195. The highest BCUT2D eigenvalue weighted by Gasteiger charge is 2.48. The molecule has 0 saturated heterocycles. The van der Waals surface area contributed by atoms with Crippen molar-refractivity contribution in [2.75, 3.05) is 11.9 Å². The molecule has 0 spiro atoms. The molecule has 1 aliphatic carbocycles. The normalized spacial score (nSPS) is 21.1. The first-order valence-electron chi connectivity index (χ1n) is 8.54. The molecule has 1 saturated carbocycles. The van der Waals surface area contributed by atoms with Crippen molar-refractivity contribution < 1.29 is 13.6 Å². The van der Waals surface area contributed by atoms with Gasteiger partial charge in [-0.15, -0.1) is 11.3 Å². The Hall–Kier alpha value is -3.01. The first-order valence-corrected chi connectivity index (χ1v) is 9.35. The van der Waals surface area contributed by atoms with Gasteiger partial charge in [0.2, 0.25) is 5.95 Å². The van der Waals surface area contributed by atoms with Crippen molar-refractivity contribution in [2.24, 2.45) is 5.73 Å². The lowest BCUT2D eigenvalue weighted by Crippen LogP contribution is -2.49. The molecule has 3 aromatic heterocycles. The molecule has 3 aromatic rings. The zero-order valence-electron chi connectivity index (χ0n) is 14.6. The number of amides is 1. The highest BCUT2D eigenvalue weighted by atomic mass is 32.1. The first-order chi connectivity index (χ1) is 13.5. The molecule has 0 atom stereocenters. The maximum atomic E-state index is 14.2. The van der Waals surface area contributed by atoms with E-state index in [2.05, 4.69) is 25.3 Å². The van der Waals surface area contributed by atoms with E-state index in [4.69, 9.17) is 5.73 Å². The van der Waals surface area contributed by atoms with E-state index in [1.165, 1.54) is 24.5 Å². The molecular formula is C18H16F2N6OS. The van der Waals surface area contributed by atoms with Crippen LogP contribution in [0.2, 0.25) is 0 Å². The average Bonchev–Trinajstić information content (AvgIpc) is 3.16. The van der Waals surface area contributed by atoms with Gasteiger partial charge < -0.3 is 11.1 Å². The van der Waals surface area contributed by atoms with Gasteiger partial charge in [-0.25, -0.2) is 23.7 Å². The zero-order chi connectivity index (χ0) is 19.7. The van der Waals surface area contributed by atoms with Gasteiger partial charge in [0.25, 0.3) is 5.91 Å². The van der Waals surface area contributed by atoms with Crippen LogP contribution < -0.4 is 11.1 Å². The molecule has 1 amide bonds. The van der Waals surface area contributed by atoms with Crippen molar-refractivity contribution in [3.8, 4) is 10.6 Å². The number of anilines is 1. The van der Waals surface area contributed by atoms with E-state index in [0.29, 0.717) is 21.4 Å². The molecule has 144 valence electrons. The van der Waals surface area contributed by atoms with Crippen LogP contribution in [0.1, 0.15) is 28.2 Å². The summed E-state index contributed by atoms with van der Waals surface area (Å²) in [4.78, 5) is 28.2. The van der Waals surface area contributed by atoms with Crippen molar-refractivity contribution in [1.29, 1.82) is 0 Å². The van der Waals surface area contributed by atoms with Gasteiger partial charge in [-0.05, 0) is 25.0 Å². The third-order valence-electron chi connectivity index (χ3n) is 4.72. The largest absolute Gasteiger partial charge is 0.365 e. The van der Waals surface area contributed by atoms with E-state index in [-0.39, 0.29) is 25.1 Å². The van der Waals surface area contributed by atoms with Crippen molar-refractivity contribution in [2.45, 2.75) is 24.4 Å². The van der Waals surface area contributed by atoms with Crippen molar-refractivity contribution in [3.63, 3.8) is 0 Å². The molecule has 0 bridgehead atoms. The molecule has 3 heterocycles. The van der Waals surface area contributed by atoms with Crippen LogP contribution in [0, 0.1) is 5.82 Å². The fourth-order valence-corrected chi connectivity index (χ4v) is 4.03. The van der Waals surface area contributed by atoms with E-state index in [1.807, 2.05) is 0 Å². The summed E-state index contributed by atoms with van der Waals surface area (Å²) < 4.78 is 27.8. The van der Waals surface area contributed by atoms with Gasteiger partial charge in [-0.1, -0.05) is 0 Å². The Morgan fingerprint density at radius 2 is 2.00 bits per heavy atom. The maximum Gasteiger partial charge on any atom is 0.260 e. The molecule has 1 fully saturated rings. The molecule has 4 rings (SSSR count). The fraction of sp³-hybridized carbons (Fsp3) is 0.278. The number of rotatable bonds is 6. The summed E-state index contributed by atoms with van der Waals surface area (Å²) in [7, 11) is 0. The number of nitrogens with one attached hydrogen (secondary N) is 1. The summed E-state index contributed by atoms with van der Waals surface area (Å²) in [6, 6.07) is 2.84. The number of aromatic nitrogens is 4. The number of carbonyl (C=O) groups is 1. The van der Waals surface area contributed by atoms with Crippen LogP contribution in [0.3, 0.4) is 0 Å². The van der Waals surface area contributed by atoms with Gasteiger partial charge in [0.15, 0.2) is 0 Å². The number of halogens is 2. The number of alkyl halides is 1. The molecule has 1 aliphatic rings. The van der Waals surface area contributed by atoms with E-state index in [1.54, 1.807) is 12.4 Å². The van der Waals surface area contributed by atoms with Crippen molar-refractivity contribution in [1.82, 2.24) is 19.9 Å². The Morgan fingerprint density at radius 3 is 2.61 bits per heavy atom. The number of pyridine rings is 1. The second kappa shape index (κ2) is 7.19. The molecular weight excluding hydrogens is 386 g/mol. The summed E-state index contributed by atoms with van der Waals surface area (Å²) in [6.45, 7) is 0.268. The van der Waals surface area contributed by atoms with Crippen LogP contribution in [0.5, 0.6) is 0 Å². The molecule has 10 heteroatoms. The second-order valence-corrected chi connectivity index (χ2v) is 7.69. The third-order valence-corrected chi connectivity index (χ3v) is 5.78. The van der Waals surface area contributed by atoms with Crippen LogP contribution in [0.25, 0.3) is 10.6 Å². The number of nitrogens with two attached hydrogens (primary N) is 1. The Labute approximate surface area is 163 Å². The highest BCUT2D eigenvalue weighted by Crippen LogP contribution is 2.45. The predicted molar refractivity (Wildman–Crippen MR) is 100 cm³/mol. The van der Waals surface area contributed by atoms with Crippen molar-refractivity contribution >= 4 is 23.2 Å². The summed E-state index contributed by atoms with van der Waals surface area (Å²) in [5.41, 5.74) is 5.40. The van der Waals surface area contributed by atoms with Gasteiger partial charge in [0.05, 0.1) is 11.9 Å². The lowest BCUT2D eigenvalue weighted by Gasteiger charge is -2.43. The standard InChI is InChI=1S/C18H16F2N6OS/c19-11-4-18(5-11,14-12(20)2-1-3-22-14)9-26-17-24-6-10(7-25-17)16-23-8-13(28-16)15(21)27/h1-3,6-8,11H,4-5,9H2,(H2,21,27)(H,24,25,26)/t11-,18-. The monoisotopic (exact) mass is 402 g/mol. The first kappa shape index (κ1) is 18.4. The van der Waals surface area contributed by atoms with Gasteiger partial charge in [-0.2, -0.15) is 0 Å². The van der Waals surface area contributed by atoms with Crippen molar-refractivity contribution in [3.05, 3.63) is 53.3 Å². The van der Waals surface area contributed by atoms with Crippen LogP contribution >= 0.6 is 11.3 Å². The maximum absolute atomic E-state index is 14.2. The van der Waals surface area contributed by atoms with Crippen LogP contribution in [0.15, 0.2) is 36.9 Å². The Morgan fingerprint density at radius 1 is 1.25 bits per heavy atom. The fourth-order valence-electron chi connectivity index (χ4n) is 3.29. The van der Waals surface area contributed by atoms with E-state index in [9.17, 15) is 13.6 Å². The van der Waals surface area contributed by atoms with Gasteiger partial charge in [0.1, 0.15) is 21.9 Å². The SMILES string of the molecule is NC(=O)c1cnc(-c2cnc(NC[C@]3(c4ncccc4F)C[C@H](F)C3)nc2)s1. The predicted octanol–water partition coefficient (Wildman–Crippen LogP) is 2.71. The second-order valence-electron chi connectivity index (χ2n) is 6.66. The summed E-state index contributed by atoms with van der Waals surface area (Å²) in [5, 5.41) is 3.62. The highest BCUT2D eigenvalue weighted by molar-refractivity contribution is 7.16. The van der Waals surface area contributed by atoms with Gasteiger partial charge >= 0.3 is 0 Å². The summed E-state index contributed by atoms with van der Waals surface area (Å²) >= 11 is 1.15. The summed E-state index contributed by atoms with van der Waals surface area (Å²) in [6.07, 6.45) is 5.45. The topological polar surface area (TPSA) is 107 Å². The quantitative estimate of drug-likeness (QED) is 0.657. The lowest BCUT2D eigenvalue weighted by molar-refractivity contribution is 0.0963. The Kier molecular flexibility index (Phi) is 4.71. The van der Waals surface area contributed by atoms with Crippen LogP contribution in [-0.4, -0.2) is 38.6 Å². The number of carbonyl (C=O) groups excluding carboxylic acids is 1. The number of hydrogen-bond acceptors (Lipinski definition) is 7. The zero-order valence-corrected chi connectivity index (χ0v) is 15.4. The van der Waals surface area contributed by atoms with E-state index < -0.39 is 23.3 Å². The van der Waals surface area contributed by atoms with Crippen LogP contribution in [0.4, 0.5) is 14.7 Å². The molecule has 3 N–H and O–H groups in total. The average molecular weight is 402 g/mol. The Balaban J connectivity index is 1.48. The van der Waals surface area contributed by atoms with E-state index in [0.717, 1.165) is 11.3 Å². The lowest BCUT2D eigenvalue weighted by atomic mass is 9.65. The molecule has 7 nitrogen and oxygen atoms in total. The smallest absolute Gasteiger partial charge is 0.260 e. The Bertz CT molecular complexity index is 1000. The minimum Gasteiger partial charge on any atom is -0.365 e. The molecule has 0 aliphatic heterocycles. The molecule has 0 unspecified atom stereocenters. The van der Waals surface area contributed by atoms with Gasteiger partial charge in [0, 0.05) is 36.1 Å². The van der Waals surface area contributed by atoms with E-state index >= 15 is 0 Å². The number of thiazole rings is 1. The minimum atomic E-state index is -0.976. The number of nitrogens with zero attached hydrogens (tertiary/aromatic N) is 4. The number of primary amides is 1. The number of hydrogen-bond donors (Lipinski definition) is 2. The van der Waals surface area contributed by atoms with Gasteiger partial charge in [-0.3, -0.25) is 9.78 Å².